The summed E-state index contributed by atoms with van der Waals surface area (Å²) in [7, 11) is 5.67. The smallest absolute Gasteiger partial charge is 0.243 e. The first-order chi connectivity index (χ1) is 12.5. The predicted molar refractivity (Wildman–Crippen MR) is 99.3 cm³/mol. The lowest BCUT2D eigenvalue weighted by atomic mass is 10.1. The fourth-order valence-corrected chi connectivity index (χ4v) is 2.89. The Bertz CT molecular complexity index is 835. The van der Waals surface area contributed by atoms with Gasteiger partial charge in [0.2, 0.25) is 5.91 Å². The van der Waals surface area contributed by atoms with Gasteiger partial charge < -0.3 is 9.88 Å². The molecule has 2 heterocycles. The van der Waals surface area contributed by atoms with E-state index in [0.717, 1.165) is 17.8 Å². The number of carbonyl (C=O) groups is 1. The van der Waals surface area contributed by atoms with Gasteiger partial charge in [-0.3, -0.25) is 14.4 Å². The molecule has 0 saturated heterocycles. The van der Waals surface area contributed by atoms with Gasteiger partial charge in [0.05, 0.1) is 24.8 Å². The monoisotopic (exact) mass is 352 g/mol. The maximum atomic E-state index is 12.7. The lowest BCUT2D eigenvalue weighted by Crippen LogP contribution is -2.37. The zero-order chi connectivity index (χ0) is 18.5. The summed E-state index contributed by atoms with van der Waals surface area (Å²) < 4.78 is 3.75. The van der Waals surface area contributed by atoms with Crippen LogP contribution in [0.3, 0.4) is 0 Å². The van der Waals surface area contributed by atoms with Crippen LogP contribution < -0.4 is 5.32 Å². The summed E-state index contributed by atoms with van der Waals surface area (Å²) in [6, 6.07) is 9.73. The molecule has 0 saturated carbocycles. The second-order valence-corrected chi connectivity index (χ2v) is 6.53. The van der Waals surface area contributed by atoms with E-state index in [2.05, 4.69) is 27.5 Å². The van der Waals surface area contributed by atoms with Crippen molar-refractivity contribution in [3.05, 3.63) is 72.1 Å². The molecule has 0 aliphatic heterocycles. The van der Waals surface area contributed by atoms with Crippen molar-refractivity contribution in [1.29, 1.82) is 0 Å². The average Bonchev–Trinajstić information content (AvgIpc) is 3.27. The van der Waals surface area contributed by atoms with Crippen molar-refractivity contribution in [2.75, 3.05) is 14.1 Å². The minimum Gasteiger partial charge on any atom is -0.350 e. The van der Waals surface area contributed by atoms with E-state index in [1.807, 2.05) is 59.7 Å². The van der Waals surface area contributed by atoms with Crippen LogP contribution in [0, 0.1) is 0 Å². The molecule has 1 aromatic carbocycles. The van der Waals surface area contributed by atoms with Gasteiger partial charge in [-0.05, 0) is 31.3 Å². The number of rotatable bonds is 7. The van der Waals surface area contributed by atoms with Crippen LogP contribution in [0.5, 0.6) is 0 Å². The average molecular weight is 352 g/mol. The van der Waals surface area contributed by atoms with Crippen molar-refractivity contribution < 1.29 is 4.79 Å². The van der Waals surface area contributed by atoms with E-state index in [9.17, 15) is 4.79 Å². The molecule has 3 rings (SSSR count). The van der Waals surface area contributed by atoms with Crippen molar-refractivity contribution in [2.24, 2.45) is 7.05 Å². The van der Waals surface area contributed by atoms with Gasteiger partial charge in [-0.2, -0.15) is 5.10 Å². The molecule has 7 heteroatoms. The fourth-order valence-electron chi connectivity index (χ4n) is 2.89. The van der Waals surface area contributed by atoms with Crippen molar-refractivity contribution in [3.63, 3.8) is 0 Å². The lowest BCUT2D eigenvalue weighted by molar-refractivity contribution is -0.126. The molecule has 3 aromatic rings. The number of likely N-dealkylation sites (N-methyl/N-ethyl adjacent to an activating group) is 1. The van der Waals surface area contributed by atoms with Gasteiger partial charge in [-0.15, -0.1) is 0 Å². The molecule has 2 aromatic heterocycles. The molecule has 0 spiro atoms. The summed E-state index contributed by atoms with van der Waals surface area (Å²) in [6.07, 6.45) is 7.15. The largest absolute Gasteiger partial charge is 0.350 e. The Morgan fingerprint density at radius 1 is 1.23 bits per heavy atom. The molecular weight excluding hydrogens is 328 g/mol. The van der Waals surface area contributed by atoms with Crippen LogP contribution >= 0.6 is 0 Å². The Hall–Kier alpha value is -2.93. The van der Waals surface area contributed by atoms with Gasteiger partial charge in [0, 0.05) is 26.0 Å². The molecule has 0 unspecified atom stereocenters. The van der Waals surface area contributed by atoms with Crippen molar-refractivity contribution in [1.82, 2.24) is 29.5 Å². The van der Waals surface area contributed by atoms with Gasteiger partial charge in [-0.1, -0.05) is 24.3 Å². The quantitative estimate of drug-likeness (QED) is 0.701. The Morgan fingerprint density at radius 2 is 1.96 bits per heavy atom. The number of amides is 1. The van der Waals surface area contributed by atoms with E-state index in [1.54, 1.807) is 18.7 Å². The van der Waals surface area contributed by atoms with Gasteiger partial charge in [0.1, 0.15) is 6.04 Å². The molecular formula is C19H24N6O. The molecule has 0 bridgehead atoms. The predicted octanol–water partition coefficient (Wildman–Crippen LogP) is 1.58. The number of aromatic nitrogens is 4. The number of benzene rings is 1. The molecule has 136 valence electrons. The summed E-state index contributed by atoms with van der Waals surface area (Å²) in [5, 5.41) is 7.23. The van der Waals surface area contributed by atoms with Crippen molar-refractivity contribution in [2.45, 2.75) is 19.1 Å². The first-order valence-corrected chi connectivity index (χ1v) is 8.50. The molecule has 26 heavy (non-hydrogen) atoms. The molecule has 0 radical (unpaired) electrons. The normalized spacial score (nSPS) is 12.3. The van der Waals surface area contributed by atoms with Gasteiger partial charge >= 0.3 is 0 Å². The highest BCUT2D eigenvalue weighted by Crippen LogP contribution is 2.17. The first-order valence-electron chi connectivity index (χ1n) is 8.50. The second kappa shape index (κ2) is 7.97. The third-order valence-corrected chi connectivity index (χ3v) is 4.29. The third-order valence-electron chi connectivity index (χ3n) is 4.29. The van der Waals surface area contributed by atoms with E-state index < -0.39 is 0 Å². The summed E-state index contributed by atoms with van der Waals surface area (Å²) in [4.78, 5) is 18.7. The zero-order valence-corrected chi connectivity index (χ0v) is 15.3. The standard InChI is InChI=1S/C19H24N6O/c1-23(2)18(17-12-20-14-24(17)3)19(26)21-11-15-5-7-16(8-6-15)13-25-10-4-9-22-25/h4-10,12,14,18H,11,13H2,1-3H3,(H,21,26)/t18-/m1/s1. The summed E-state index contributed by atoms with van der Waals surface area (Å²) in [5.41, 5.74) is 3.09. The summed E-state index contributed by atoms with van der Waals surface area (Å²) >= 11 is 0. The fraction of sp³-hybridized carbons (Fsp3) is 0.316. The number of hydrogen-bond donors (Lipinski definition) is 1. The zero-order valence-electron chi connectivity index (χ0n) is 15.3. The number of hydrogen-bond acceptors (Lipinski definition) is 4. The number of carbonyl (C=O) groups excluding carboxylic acids is 1. The van der Waals surface area contributed by atoms with Crippen LogP contribution in [-0.4, -0.2) is 44.2 Å². The topological polar surface area (TPSA) is 68.0 Å². The van der Waals surface area contributed by atoms with Crippen LogP contribution in [0.2, 0.25) is 0 Å². The van der Waals surface area contributed by atoms with E-state index in [0.29, 0.717) is 6.54 Å². The Kier molecular flexibility index (Phi) is 5.48. The van der Waals surface area contributed by atoms with Crippen molar-refractivity contribution >= 4 is 5.91 Å². The van der Waals surface area contributed by atoms with Gasteiger partial charge in [-0.25, -0.2) is 4.98 Å². The van der Waals surface area contributed by atoms with Crippen LogP contribution in [0.15, 0.2) is 55.2 Å². The Labute approximate surface area is 153 Å². The molecule has 0 aliphatic rings. The highest BCUT2D eigenvalue weighted by atomic mass is 16.2. The van der Waals surface area contributed by atoms with Crippen LogP contribution in [-0.2, 0) is 24.9 Å². The molecule has 1 N–H and O–H groups in total. The maximum Gasteiger partial charge on any atom is 0.243 e. The van der Waals surface area contributed by atoms with E-state index in [1.165, 1.54) is 5.56 Å². The Morgan fingerprint density at radius 3 is 2.54 bits per heavy atom. The minimum atomic E-state index is -0.374. The van der Waals surface area contributed by atoms with Gasteiger partial charge in [0.25, 0.3) is 0 Å². The lowest BCUT2D eigenvalue weighted by Gasteiger charge is -2.23. The second-order valence-electron chi connectivity index (χ2n) is 6.53. The van der Waals surface area contributed by atoms with Gasteiger partial charge in [0.15, 0.2) is 0 Å². The summed E-state index contributed by atoms with van der Waals surface area (Å²) in [6.45, 7) is 1.23. The molecule has 1 amide bonds. The van der Waals surface area contributed by atoms with Crippen LogP contribution in [0.1, 0.15) is 22.9 Å². The van der Waals surface area contributed by atoms with Crippen molar-refractivity contribution in [3.8, 4) is 0 Å². The summed E-state index contributed by atoms with van der Waals surface area (Å²) in [5.74, 6) is -0.0424. The molecule has 7 nitrogen and oxygen atoms in total. The van der Waals surface area contributed by atoms with E-state index in [4.69, 9.17) is 0 Å². The maximum absolute atomic E-state index is 12.7. The molecule has 1 atom stereocenters. The minimum absolute atomic E-state index is 0.0424. The third kappa shape index (κ3) is 4.18. The van der Waals surface area contributed by atoms with E-state index >= 15 is 0 Å². The number of aryl methyl sites for hydroxylation is 1. The molecule has 0 aliphatic carbocycles. The highest BCUT2D eigenvalue weighted by molar-refractivity contribution is 5.82. The van der Waals surface area contributed by atoms with Crippen LogP contribution in [0.25, 0.3) is 0 Å². The number of nitrogens with one attached hydrogen (secondary N) is 1. The Balaban J connectivity index is 1.60. The number of imidazole rings is 1. The van der Waals surface area contributed by atoms with E-state index in [-0.39, 0.29) is 11.9 Å². The highest BCUT2D eigenvalue weighted by Gasteiger charge is 2.25. The first kappa shape index (κ1) is 17.9. The number of nitrogens with zero attached hydrogens (tertiary/aromatic N) is 5. The molecule has 0 fully saturated rings. The SMILES string of the molecule is CN(C)[C@@H](C(=O)NCc1ccc(Cn2cccn2)cc1)c1cncn1C. The van der Waals surface area contributed by atoms with Crippen LogP contribution in [0.4, 0.5) is 0 Å².